The smallest absolute Gasteiger partial charge is 0.130 e. The van der Waals surface area contributed by atoms with Crippen molar-refractivity contribution < 1.29 is 18.6 Å². The Labute approximate surface area is 131 Å². The van der Waals surface area contributed by atoms with Crippen LogP contribution in [-0.2, 0) is 11.3 Å². The lowest BCUT2D eigenvalue weighted by molar-refractivity contribution is 0.0221. The number of ether oxygens (including phenoxy) is 1. The fourth-order valence-electron chi connectivity index (χ4n) is 2.25. The first-order valence-corrected chi connectivity index (χ1v) is 7.45. The van der Waals surface area contributed by atoms with E-state index >= 15 is 0 Å². The molecule has 0 radical (unpaired) electrons. The molecule has 3 nitrogen and oxygen atoms in total. The summed E-state index contributed by atoms with van der Waals surface area (Å²) in [5.74, 6) is -0.787. The molecule has 0 aliphatic carbocycles. The predicted molar refractivity (Wildman–Crippen MR) is 83.5 cm³/mol. The van der Waals surface area contributed by atoms with Crippen molar-refractivity contribution in [1.82, 2.24) is 4.90 Å². The maximum absolute atomic E-state index is 13.8. The Morgan fingerprint density at radius 2 is 2.05 bits per heavy atom. The average molecular weight is 313 g/mol. The van der Waals surface area contributed by atoms with Gasteiger partial charge in [-0.15, -0.1) is 6.58 Å². The molecule has 0 heterocycles. The normalized spacial score (nSPS) is 12.9. The van der Waals surface area contributed by atoms with Crippen LogP contribution in [0.2, 0.25) is 0 Å². The monoisotopic (exact) mass is 313 g/mol. The Morgan fingerprint density at radius 3 is 2.64 bits per heavy atom. The van der Waals surface area contributed by atoms with Gasteiger partial charge in [-0.2, -0.15) is 0 Å². The second kappa shape index (κ2) is 9.66. The zero-order chi connectivity index (χ0) is 16.5. The molecular formula is C17H25F2NO2. The van der Waals surface area contributed by atoms with Gasteiger partial charge < -0.3 is 9.84 Å². The van der Waals surface area contributed by atoms with E-state index in [1.807, 2.05) is 4.90 Å². The Morgan fingerprint density at radius 1 is 1.32 bits per heavy atom. The molecule has 0 aromatic heterocycles. The highest BCUT2D eigenvalue weighted by Gasteiger charge is 2.16. The van der Waals surface area contributed by atoms with Crippen molar-refractivity contribution >= 4 is 0 Å². The number of aliphatic hydroxyl groups excluding tert-OH is 1. The van der Waals surface area contributed by atoms with Crippen LogP contribution in [-0.4, -0.2) is 42.4 Å². The molecule has 1 atom stereocenters. The van der Waals surface area contributed by atoms with Crippen LogP contribution in [0.3, 0.4) is 0 Å². The lowest BCUT2D eigenvalue weighted by atomic mass is 10.1. The fraction of sp³-hybridized carbons (Fsp3) is 0.529. The van der Waals surface area contributed by atoms with Crippen molar-refractivity contribution in [3.8, 4) is 0 Å². The predicted octanol–water partition coefficient (Wildman–Crippen LogP) is 2.99. The van der Waals surface area contributed by atoms with E-state index in [1.54, 1.807) is 6.08 Å². The summed E-state index contributed by atoms with van der Waals surface area (Å²) < 4.78 is 32.0. The Kier molecular flexibility index (Phi) is 8.24. The minimum Gasteiger partial charge on any atom is -0.389 e. The summed E-state index contributed by atoms with van der Waals surface area (Å²) in [6.45, 7) is 9.62. The van der Waals surface area contributed by atoms with Crippen LogP contribution >= 0.6 is 0 Å². The molecule has 1 N–H and O–H groups in total. The van der Waals surface area contributed by atoms with E-state index in [0.717, 1.165) is 6.07 Å². The molecule has 0 saturated carbocycles. The summed E-state index contributed by atoms with van der Waals surface area (Å²) in [5, 5.41) is 10.00. The highest BCUT2D eigenvalue weighted by atomic mass is 19.1. The molecule has 1 rings (SSSR count). The summed E-state index contributed by atoms with van der Waals surface area (Å²) in [6.07, 6.45) is 0.953. The summed E-state index contributed by atoms with van der Waals surface area (Å²) >= 11 is 0. The van der Waals surface area contributed by atoms with Gasteiger partial charge in [0, 0.05) is 31.3 Å². The Balaban J connectivity index is 2.65. The number of nitrogens with zero attached hydrogens (tertiary/aromatic N) is 1. The number of hydrogen-bond acceptors (Lipinski definition) is 3. The molecule has 0 saturated heterocycles. The van der Waals surface area contributed by atoms with Crippen LogP contribution in [0.4, 0.5) is 8.78 Å². The maximum atomic E-state index is 13.8. The van der Waals surface area contributed by atoms with Gasteiger partial charge in [0.25, 0.3) is 0 Å². The van der Waals surface area contributed by atoms with Crippen LogP contribution in [0.25, 0.3) is 0 Å². The van der Waals surface area contributed by atoms with E-state index in [1.165, 1.54) is 12.1 Å². The van der Waals surface area contributed by atoms with Gasteiger partial charge in [0.2, 0.25) is 0 Å². The lowest BCUT2D eigenvalue weighted by Gasteiger charge is -2.27. The first kappa shape index (κ1) is 18.7. The van der Waals surface area contributed by atoms with Gasteiger partial charge in [0.1, 0.15) is 11.6 Å². The molecule has 0 unspecified atom stereocenters. The zero-order valence-electron chi connectivity index (χ0n) is 13.3. The number of aliphatic hydroxyl groups is 1. The number of benzene rings is 1. The average Bonchev–Trinajstić information content (AvgIpc) is 2.41. The van der Waals surface area contributed by atoms with Crippen LogP contribution in [0.5, 0.6) is 0 Å². The Hall–Kier alpha value is -1.30. The molecule has 5 heteroatoms. The van der Waals surface area contributed by atoms with Gasteiger partial charge in [-0.25, -0.2) is 8.78 Å². The van der Waals surface area contributed by atoms with Gasteiger partial charge in [-0.1, -0.05) is 26.0 Å². The first-order chi connectivity index (χ1) is 10.4. The maximum Gasteiger partial charge on any atom is 0.130 e. The molecular weight excluding hydrogens is 288 g/mol. The molecule has 124 valence electrons. The molecule has 1 aromatic carbocycles. The van der Waals surface area contributed by atoms with Gasteiger partial charge in [0.05, 0.1) is 19.3 Å². The topological polar surface area (TPSA) is 32.7 Å². The van der Waals surface area contributed by atoms with E-state index in [2.05, 4.69) is 20.4 Å². The quantitative estimate of drug-likeness (QED) is 0.532. The number of rotatable bonds is 10. The fourth-order valence-corrected chi connectivity index (χ4v) is 2.25. The lowest BCUT2D eigenvalue weighted by Crippen LogP contribution is -2.37. The number of halogens is 2. The standard InChI is InChI=1S/C17H25F2NO2/c1-4-7-22-12-16(21)11-20(9-13(2)3)10-14-5-6-15(18)8-17(14)19/h4-6,8,13,16,21H,1,7,9-12H2,2-3H3/t16-/m0/s1. The summed E-state index contributed by atoms with van der Waals surface area (Å²) in [4.78, 5) is 1.95. The van der Waals surface area contributed by atoms with E-state index in [0.29, 0.717) is 37.7 Å². The third kappa shape index (κ3) is 7.11. The van der Waals surface area contributed by atoms with Crippen molar-refractivity contribution in [3.05, 3.63) is 48.1 Å². The summed E-state index contributed by atoms with van der Waals surface area (Å²) in [7, 11) is 0. The van der Waals surface area contributed by atoms with Crippen molar-refractivity contribution in [2.75, 3.05) is 26.3 Å². The molecule has 0 fully saturated rings. The largest absolute Gasteiger partial charge is 0.389 e. The third-order valence-corrected chi connectivity index (χ3v) is 3.05. The molecule has 0 bridgehead atoms. The molecule has 0 aliphatic rings. The highest BCUT2D eigenvalue weighted by Crippen LogP contribution is 2.14. The van der Waals surface area contributed by atoms with Crippen LogP contribution in [0, 0.1) is 17.6 Å². The van der Waals surface area contributed by atoms with E-state index in [4.69, 9.17) is 4.74 Å². The van der Waals surface area contributed by atoms with E-state index in [-0.39, 0.29) is 6.61 Å². The van der Waals surface area contributed by atoms with Crippen molar-refractivity contribution in [3.63, 3.8) is 0 Å². The molecule has 22 heavy (non-hydrogen) atoms. The van der Waals surface area contributed by atoms with Crippen molar-refractivity contribution in [2.24, 2.45) is 5.92 Å². The van der Waals surface area contributed by atoms with E-state index < -0.39 is 17.7 Å². The first-order valence-electron chi connectivity index (χ1n) is 7.45. The van der Waals surface area contributed by atoms with Gasteiger partial charge in [0.15, 0.2) is 0 Å². The van der Waals surface area contributed by atoms with Crippen LogP contribution < -0.4 is 0 Å². The minimum absolute atomic E-state index is 0.201. The summed E-state index contributed by atoms with van der Waals surface area (Å²) in [6, 6.07) is 3.57. The van der Waals surface area contributed by atoms with E-state index in [9.17, 15) is 13.9 Å². The SMILES string of the molecule is C=CCOC[C@@H](O)CN(Cc1ccc(F)cc1F)CC(C)C. The van der Waals surface area contributed by atoms with Crippen LogP contribution in [0.1, 0.15) is 19.4 Å². The van der Waals surface area contributed by atoms with Gasteiger partial charge >= 0.3 is 0 Å². The van der Waals surface area contributed by atoms with Crippen LogP contribution in [0.15, 0.2) is 30.9 Å². The second-order valence-electron chi connectivity index (χ2n) is 5.80. The third-order valence-electron chi connectivity index (χ3n) is 3.05. The zero-order valence-corrected chi connectivity index (χ0v) is 13.3. The minimum atomic E-state index is -0.665. The summed E-state index contributed by atoms with van der Waals surface area (Å²) in [5.41, 5.74) is 0.418. The Bertz CT molecular complexity index is 466. The highest BCUT2D eigenvalue weighted by molar-refractivity contribution is 5.18. The van der Waals surface area contributed by atoms with Crippen molar-refractivity contribution in [1.29, 1.82) is 0 Å². The molecule has 1 aromatic rings. The number of hydrogen-bond donors (Lipinski definition) is 1. The molecule has 0 spiro atoms. The van der Waals surface area contributed by atoms with Gasteiger partial charge in [-0.05, 0) is 12.0 Å². The van der Waals surface area contributed by atoms with Crippen molar-refractivity contribution in [2.45, 2.75) is 26.5 Å². The van der Waals surface area contributed by atoms with Gasteiger partial charge in [-0.3, -0.25) is 4.90 Å². The second-order valence-corrected chi connectivity index (χ2v) is 5.80. The molecule has 0 amide bonds. The molecule has 0 aliphatic heterocycles.